The molecule has 7 nitrogen and oxygen atoms in total. The number of hydrogen-bond acceptors (Lipinski definition) is 4. The van der Waals surface area contributed by atoms with Gasteiger partial charge in [-0.3, -0.25) is 0 Å². The molecule has 20 heavy (non-hydrogen) atoms. The van der Waals surface area contributed by atoms with Crippen molar-refractivity contribution in [2.75, 3.05) is 40.9 Å². The molecule has 1 atom stereocenters. The van der Waals surface area contributed by atoms with E-state index in [4.69, 9.17) is 9.84 Å². The van der Waals surface area contributed by atoms with Gasteiger partial charge in [-0.2, -0.15) is 0 Å². The minimum Gasteiger partial charge on any atom is -0.480 e. The number of carboxylic acid groups (broad SMARTS) is 1. The molecule has 1 aliphatic rings. The minimum absolute atomic E-state index is 0.170. The first-order valence-electron chi connectivity index (χ1n) is 6.89. The predicted molar refractivity (Wildman–Crippen MR) is 74.7 cm³/mol. The number of urea groups is 1. The van der Waals surface area contributed by atoms with Crippen molar-refractivity contribution in [3.8, 4) is 0 Å². The molecule has 7 heteroatoms. The zero-order chi connectivity index (χ0) is 15.1. The van der Waals surface area contributed by atoms with Crippen molar-refractivity contribution in [2.24, 2.45) is 0 Å². The second-order valence-corrected chi connectivity index (χ2v) is 5.27. The van der Waals surface area contributed by atoms with E-state index in [1.165, 1.54) is 7.11 Å². The number of carbonyl (C=O) groups is 2. The monoisotopic (exact) mass is 287 g/mol. The molecule has 1 aliphatic heterocycles. The molecule has 0 saturated carbocycles. The lowest BCUT2D eigenvalue weighted by atomic mass is 10.0. The second-order valence-electron chi connectivity index (χ2n) is 5.27. The van der Waals surface area contributed by atoms with Crippen molar-refractivity contribution in [3.63, 3.8) is 0 Å². The molecule has 116 valence electrons. The van der Waals surface area contributed by atoms with Crippen molar-refractivity contribution in [1.29, 1.82) is 0 Å². The number of carbonyl (C=O) groups excluding carboxylic acids is 1. The quantitative estimate of drug-likeness (QED) is 0.730. The fourth-order valence-electron chi connectivity index (χ4n) is 2.29. The summed E-state index contributed by atoms with van der Waals surface area (Å²) in [5, 5.41) is 11.6. The molecular formula is C13H25N3O4. The Labute approximate surface area is 119 Å². The van der Waals surface area contributed by atoms with E-state index >= 15 is 0 Å². The van der Waals surface area contributed by atoms with Crippen LogP contribution in [0.3, 0.4) is 0 Å². The third kappa shape index (κ3) is 4.97. The van der Waals surface area contributed by atoms with Crippen molar-refractivity contribution in [2.45, 2.75) is 31.3 Å². The van der Waals surface area contributed by atoms with Crippen LogP contribution in [0.25, 0.3) is 0 Å². The Hall–Kier alpha value is -1.34. The van der Waals surface area contributed by atoms with Gasteiger partial charge >= 0.3 is 12.0 Å². The number of likely N-dealkylation sites (tertiary alicyclic amines) is 1. The van der Waals surface area contributed by atoms with E-state index in [0.717, 1.165) is 25.9 Å². The van der Waals surface area contributed by atoms with Gasteiger partial charge in [0, 0.05) is 33.2 Å². The summed E-state index contributed by atoms with van der Waals surface area (Å²) in [6.45, 7) is 2.21. The number of hydrogen-bond donors (Lipinski definition) is 2. The highest BCUT2D eigenvalue weighted by Crippen LogP contribution is 2.14. The standard InChI is InChI=1S/C13H25N3O4/c1-15-7-4-10(5-8-15)16(2)13(19)14-11(12(17)18)6-9-20-3/h10-11H,4-9H2,1-3H3,(H,14,19)(H,17,18). The topological polar surface area (TPSA) is 82.1 Å². The van der Waals surface area contributed by atoms with E-state index in [2.05, 4.69) is 17.3 Å². The summed E-state index contributed by atoms with van der Waals surface area (Å²) in [7, 11) is 5.29. The van der Waals surface area contributed by atoms with Crippen LogP contribution < -0.4 is 5.32 Å². The summed E-state index contributed by atoms with van der Waals surface area (Å²) in [6, 6.07) is -1.07. The van der Waals surface area contributed by atoms with Crippen molar-refractivity contribution < 1.29 is 19.4 Å². The molecule has 1 saturated heterocycles. The lowest BCUT2D eigenvalue weighted by Gasteiger charge is -2.35. The summed E-state index contributed by atoms with van der Waals surface area (Å²) in [6.07, 6.45) is 2.09. The summed E-state index contributed by atoms with van der Waals surface area (Å²) < 4.78 is 4.86. The zero-order valence-corrected chi connectivity index (χ0v) is 12.5. The largest absolute Gasteiger partial charge is 0.480 e. The number of ether oxygens (including phenoxy) is 1. The Kier molecular flexibility index (Phi) is 6.74. The van der Waals surface area contributed by atoms with E-state index in [9.17, 15) is 9.59 Å². The van der Waals surface area contributed by atoms with Gasteiger partial charge in [-0.1, -0.05) is 0 Å². The van der Waals surface area contributed by atoms with E-state index in [1.807, 2.05) is 0 Å². The molecule has 2 N–H and O–H groups in total. The van der Waals surface area contributed by atoms with Crippen LogP contribution in [-0.2, 0) is 9.53 Å². The number of amides is 2. The molecule has 0 aliphatic carbocycles. The van der Waals surface area contributed by atoms with Crippen LogP contribution in [0.5, 0.6) is 0 Å². The Morgan fingerprint density at radius 1 is 1.45 bits per heavy atom. The maximum Gasteiger partial charge on any atom is 0.326 e. The van der Waals surface area contributed by atoms with Crippen LogP contribution in [0.15, 0.2) is 0 Å². The zero-order valence-electron chi connectivity index (χ0n) is 12.5. The first-order chi connectivity index (χ1) is 9.45. The maximum atomic E-state index is 12.1. The van der Waals surface area contributed by atoms with Gasteiger partial charge in [-0.15, -0.1) is 0 Å². The van der Waals surface area contributed by atoms with Gasteiger partial charge in [0.25, 0.3) is 0 Å². The number of piperidine rings is 1. The molecule has 0 spiro atoms. The summed E-state index contributed by atoms with van der Waals surface area (Å²) in [4.78, 5) is 27.0. The van der Waals surface area contributed by atoms with Gasteiger partial charge in [-0.05, 0) is 33.0 Å². The van der Waals surface area contributed by atoms with E-state index in [0.29, 0.717) is 6.61 Å². The van der Waals surface area contributed by atoms with E-state index < -0.39 is 12.0 Å². The molecule has 1 rings (SSSR count). The maximum absolute atomic E-state index is 12.1. The number of carboxylic acids is 1. The molecule has 1 unspecified atom stereocenters. The van der Waals surface area contributed by atoms with Gasteiger partial charge in [0.15, 0.2) is 0 Å². The molecule has 1 heterocycles. The number of nitrogens with zero attached hydrogens (tertiary/aromatic N) is 2. The highest BCUT2D eigenvalue weighted by molar-refractivity contribution is 5.82. The highest BCUT2D eigenvalue weighted by Gasteiger charge is 2.27. The summed E-state index contributed by atoms with van der Waals surface area (Å²) in [5.41, 5.74) is 0. The second kappa shape index (κ2) is 8.06. The molecule has 2 amide bonds. The molecular weight excluding hydrogens is 262 g/mol. The Balaban J connectivity index is 2.48. The van der Waals surface area contributed by atoms with Crippen LogP contribution in [0.1, 0.15) is 19.3 Å². The predicted octanol–water partition coefficient (Wildman–Crippen LogP) is 0.212. The number of aliphatic carboxylic acids is 1. The Bertz CT molecular complexity index is 330. The van der Waals surface area contributed by atoms with Gasteiger partial charge in [-0.25, -0.2) is 9.59 Å². The third-order valence-electron chi connectivity index (χ3n) is 3.76. The summed E-state index contributed by atoms with van der Waals surface area (Å²) >= 11 is 0. The van der Waals surface area contributed by atoms with Crippen LogP contribution in [0, 0.1) is 0 Å². The number of methoxy groups -OCH3 is 1. The third-order valence-corrected chi connectivity index (χ3v) is 3.76. The van der Waals surface area contributed by atoms with Gasteiger partial charge in [0.05, 0.1) is 0 Å². The first kappa shape index (κ1) is 16.7. The smallest absolute Gasteiger partial charge is 0.326 e. The van der Waals surface area contributed by atoms with Crippen LogP contribution in [-0.4, -0.2) is 79.9 Å². The van der Waals surface area contributed by atoms with Crippen LogP contribution in [0.2, 0.25) is 0 Å². The minimum atomic E-state index is -1.04. The molecule has 0 aromatic rings. The average molecular weight is 287 g/mol. The lowest BCUT2D eigenvalue weighted by Crippen LogP contribution is -2.52. The number of nitrogens with one attached hydrogen (secondary N) is 1. The van der Waals surface area contributed by atoms with Crippen molar-refractivity contribution >= 4 is 12.0 Å². The van der Waals surface area contributed by atoms with Crippen molar-refractivity contribution in [1.82, 2.24) is 15.1 Å². The SMILES string of the molecule is COCCC(NC(=O)N(C)C1CCN(C)CC1)C(=O)O. The molecule has 1 fully saturated rings. The van der Waals surface area contributed by atoms with Crippen LogP contribution in [0.4, 0.5) is 4.79 Å². The highest BCUT2D eigenvalue weighted by atomic mass is 16.5. The van der Waals surface area contributed by atoms with Gasteiger partial charge in [0.2, 0.25) is 0 Å². The van der Waals surface area contributed by atoms with Gasteiger partial charge in [0.1, 0.15) is 6.04 Å². The average Bonchev–Trinajstić information content (AvgIpc) is 2.42. The van der Waals surface area contributed by atoms with E-state index in [1.54, 1.807) is 11.9 Å². The van der Waals surface area contributed by atoms with Crippen molar-refractivity contribution in [3.05, 3.63) is 0 Å². The summed E-state index contributed by atoms with van der Waals surface area (Å²) in [5.74, 6) is -1.04. The molecule has 0 aromatic heterocycles. The first-order valence-corrected chi connectivity index (χ1v) is 6.89. The van der Waals surface area contributed by atoms with E-state index in [-0.39, 0.29) is 18.5 Å². The Morgan fingerprint density at radius 2 is 2.05 bits per heavy atom. The normalized spacial score (nSPS) is 18.6. The molecule has 0 radical (unpaired) electrons. The number of rotatable bonds is 6. The molecule has 0 bridgehead atoms. The fourth-order valence-corrected chi connectivity index (χ4v) is 2.29. The lowest BCUT2D eigenvalue weighted by molar-refractivity contribution is -0.139. The Morgan fingerprint density at radius 3 is 2.55 bits per heavy atom. The van der Waals surface area contributed by atoms with Gasteiger partial charge < -0.3 is 25.0 Å². The van der Waals surface area contributed by atoms with Crippen LogP contribution >= 0.6 is 0 Å². The molecule has 0 aromatic carbocycles. The fraction of sp³-hybridized carbons (Fsp3) is 0.846.